The molecule has 2 aromatic heterocycles. The van der Waals surface area contributed by atoms with Gasteiger partial charge in [-0.05, 0) is 30.7 Å². The van der Waals surface area contributed by atoms with Gasteiger partial charge in [0.05, 0.1) is 33.9 Å². The number of carbonyl (C=O) groups is 1. The number of fused-ring (bicyclic) bond motifs is 1. The molecular formula is C27H20FN3O7S. The third-order valence-electron chi connectivity index (χ3n) is 5.99. The van der Waals surface area contributed by atoms with Crippen molar-refractivity contribution in [1.29, 1.82) is 0 Å². The van der Waals surface area contributed by atoms with Crippen LogP contribution >= 0.6 is 11.3 Å². The van der Waals surface area contributed by atoms with E-state index in [2.05, 4.69) is 4.99 Å². The number of hydrogen-bond acceptors (Lipinski definition) is 9. The second-order valence-electron chi connectivity index (χ2n) is 8.45. The Balaban J connectivity index is 1.49. The Kier molecular flexibility index (Phi) is 6.94. The molecule has 0 fully saturated rings. The Hall–Kier alpha value is -4.84. The van der Waals surface area contributed by atoms with Crippen molar-refractivity contribution in [3.05, 3.63) is 125 Å². The van der Waals surface area contributed by atoms with Gasteiger partial charge in [0.25, 0.3) is 5.56 Å². The van der Waals surface area contributed by atoms with Crippen molar-refractivity contribution in [2.45, 2.75) is 19.6 Å². The Bertz CT molecular complexity index is 1800. The molecule has 5 rings (SSSR count). The highest BCUT2D eigenvalue weighted by atomic mass is 32.1. The minimum atomic E-state index is -0.723. The average molecular weight is 550 g/mol. The molecule has 0 saturated carbocycles. The van der Waals surface area contributed by atoms with Gasteiger partial charge in [-0.3, -0.25) is 19.5 Å². The number of furan rings is 1. The summed E-state index contributed by atoms with van der Waals surface area (Å²) in [5.74, 6) is -0.852. The SMILES string of the molecule is COC(=O)C1=C(C)N=c2sc(=Cc3ccc(COc4cc(F)ccc4[N+](=O)[O-])o3)c(=O)n2C1c1ccccc1. The van der Waals surface area contributed by atoms with E-state index in [1.165, 1.54) is 17.8 Å². The zero-order valence-corrected chi connectivity index (χ0v) is 21.4. The van der Waals surface area contributed by atoms with Crippen LogP contribution in [0.2, 0.25) is 0 Å². The summed E-state index contributed by atoms with van der Waals surface area (Å²) < 4.78 is 31.5. The number of ether oxygens (including phenoxy) is 2. The molecule has 0 amide bonds. The molecule has 39 heavy (non-hydrogen) atoms. The molecule has 10 nitrogen and oxygen atoms in total. The van der Waals surface area contributed by atoms with Gasteiger partial charge in [-0.2, -0.15) is 0 Å². The zero-order chi connectivity index (χ0) is 27.7. The van der Waals surface area contributed by atoms with Crippen molar-refractivity contribution in [2.75, 3.05) is 7.11 Å². The summed E-state index contributed by atoms with van der Waals surface area (Å²) in [5, 5.41) is 11.2. The fraction of sp³-hybridized carbons (Fsp3) is 0.148. The second-order valence-corrected chi connectivity index (χ2v) is 9.46. The van der Waals surface area contributed by atoms with Gasteiger partial charge in [0.15, 0.2) is 10.6 Å². The second kappa shape index (κ2) is 10.5. The van der Waals surface area contributed by atoms with Gasteiger partial charge in [-0.25, -0.2) is 14.2 Å². The number of halogens is 1. The van der Waals surface area contributed by atoms with Gasteiger partial charge in [0.1, 0.15) is 23.9 Å². The molecule has 1 aliphatic heterocycles. The highest BCUT2D eigenvalue weighted by Crippen LogP contribution is 2.31. The summed E-state index contributed by atoms with van der Waals surface area (Å²) in [6.45, 7) is 1.50. The van der Waals surface area contributed by atoms with Crippen molar-refractivity contribution < 1.29 is 28.0 Å². The number of nitrogens with zero attached hydrogens (tertiary/aromatic N) is 3. The molecule has 0 saturated heterocycles. The summed E-state index contributed by atoms with van der Waals surface area (Å²) in [6, 6.07) is 14.5. The maximum Gasteiger partial charge on any atom is 0.338 e. The van der Waals surface area contributed by atoms with Gasteiger partial charge in [-0.1, -0.05) is 41.7 Å². The molecule has 0 spiro atoms. The van der Waals surface area contributed by atoms with E-state index in [1.807, 2.05) is 30.3 Å². The van der Waals surface area contributed by atoms with E-state index in [4.69, 9.17) is 13.9 Å². The minimum absolute atomic E-state index is 0.199. The number of nitro groups is 1. The van der Waals surface area contributed by atoms with E-state index in [0.29, 0.717) is 26.6 Å². The smallest absolute Gasteiger partial charge is 0.338 e. The maximum absolute atomic E-state index is 13.6. The van der Waals surface area contributed by atoms with Crippen molar-refractivity contribution in [3.8, 4) is 5.75 Å². The lowest BCUT2D eigenvalue weighted by atomic mass is 9.96. The normalized spacial score (nSPS) is 15.1. The summed E-state index contributed by atoms with van der Waals surface area (Å²) in [6.07, 6.45) is 1.54. The lowest BCUT2D eigenvalue weighted by molar-refractivity contribution is -0.386. The zero-order valence-electron chi connectivity index (χ0n) is 20.6. The van der Waals surface area contributed by atoms with Crippen LogP contribution in [0.3, 0.4) is 0 Å². The summed E-state index contributed by atoms with van der Waals surface area (Å²) in [7, 11) is 1.28. The van der Waals surface area contributed by atoms with Crippen molar-refractivity contribution in [3.63, 3.8) is 0 Å². The van der Waals surface area contributed by atoms with Gasteiger partial charge in [-0.15, -0.1) is 0 Å². The van der Waals surface area contributed by atoms with E-state index < -0.39 is 22.8 Å². The number of allylic oxidation sites excluding steroid dienone is 1. The summed E-state index contributed by atoms with van der Waals surface area (Å²) in [4.78, 5) is 41.7. The van der Waals surface area contributed by atoms with Gasteiger partial charge < -0.3 is 13.9 Å². The number of rotatable bonds is 7. The van der Waals surface area contributed by atoms with E-state index >= 15 is 0 Å². The number of thiazole rings is 1. The number of hydrogen-bond donors (Lipinski definition) is 0. The van der Waals surface area contributed by atoms with Gasteiger partial charge in [0.2, 0.25) is 0 Å². The molecule has 198 valence electrons. The lowest BCUT2D eigenvalue weighted by Gasteiger charge is -2.24. The quantitative estimate of drug-likeness (QED) is 0.196. The molecule has 0 radical (unpaired) electrons. The van der Waals surface area contributed by atoms with Crippen LogP contribution in [0.25, 0.3) is 6.08 Å². The summed E-state index contributed by atoms with van der Waals surface area (Å²) >= 11 is 1.14. The van der Waals surface area contributed by atoms with E-state index in [9.17, 15) is 24.1 Å². The first-order chi connectivity index (χ1) is 18.8. The largest absolute Gasteiger partial charge is 0.479 e. The molecule has 1 aliphatic rings. The Morgan fingerprint density at radius 1 is 1.23 bits per heavy atom. The molecule has 2 aromatic carbocycles. The Labute approximate surface area is 223 Å². The highest BCUT2D eigenvalue weighted by Gasteiger charge is 2.33. The van der Waals surface area contributed by atoms with Crippen LogP contribution in [0.1, 0.15) is 30.0 Å². The van der Waals surface area contributed by atoms with Crippen molar-refractivity contribution in [1.82, 2.24) is 4.57 Å². The monoisotopic (exact) mass is 549 g/mol. The highest BCUT2D eigenvalue weighted by molar-refractivity contribution is 7.07. The van der Waals surface area contributed by atoms with Crippen LogP contribution in [0.4, 0.5) is 10.1 Å². The number of nitro benzene ring substituents is 1. The van der Waals surface area contributed by atoms with E-state index in [1.54, 1.807) is 19.1 Å². The third-order valence-corrected chi connectivity index (χ3v) is 6.97. The molecule has 0 aliphatic carbocycles. The first-order valence-electron chi connectivity index (χ1n) is 11.6. The molecule has 12 heteroatoms. The molecule has 0 N–H and O–H groups in total. The topological polar surface area (TPSA) is 126 Å². The van der Waals surface area contributed by atoms with Crippen molar-refractivity contribution >= 4 is 29.1 Å². The Morgan fingerprint density at radius 2 is 2.00 bits per heavy atom. The van der Waals surface area contributed by atoms with E-state index in [-0.39, 0.29) is 29.2 Å². The number of aromatic nitrogens is 1. The molecule has 0 bridgehead atoms. The van der Waals surface area contributed by atoms with E-state index in [0.717, 1.165) is 35.1 Å². The maximum atomic E-state index is 13.6. The molecule has 4 aromatic rings. The number of carbonyl (C=O) groups excluding carboxylic acids is 1. The predicted molar refractivity (Wildman–Crippen MR) is 138 cm³/mol. The summed E-state index contributed by atoms with van der Waals surface area (Å²) in [5.41, 5.74) is 0.701. The van der Waals surface area contributed by atoms with Crippen LogP contribution in [-0.2, 0) is 16.1 Å². The number of methoxy groups -OCH3 is 1. The molecule has 3 heterocycles. The van der Waals surface area contributed by atoms with Gasteiger partial charge in [0, 0.05) is 18.2 Å². The number of benzene rings is 2. The molecular weight excluding hydrogens is 529 g/mol. The fourth-order valence-corrected chi connectivity index (χ4v) is 5.25. The predicted octanol–water partition coefficient (Wildman–Crippen LogP) is 3.63. The van der Waals surface area contributed by atoms with Gasteiger partial charge >= 0.3 is 11.7 Å². The third kappa shape index (κ3) is 5.01. The number of esters is 1. The van der Waals surface area contributed by atoms with Crippen LogP contribution < -0.4 is 19.6 Å². The minimum Gasteiger partial charge on any atom is -0.479 e. The first-order valence-corrected chi connectivity index (χ1v) is 12.4. The van der Waals surface area contributed by atoms with Crippen LogP contribution in [0.15, 0.2) is 86.1 Å². The Morgan fingerprint density at radius 3 is 2.72 bits per heavy atom. The van der Waals surface area contributed by atoms with Crippen LogP contribution in [0.5, 0.6) is 5.75 Å². The van der Waals surface area contributed by atoms with Crippen LogP contribution in [-0.4, -0.2) is 22.6 Å². The van der Waals surface area contributed by atoms with Crippen molar-refractivity contribution in [2.24, 2.45) is 4.99 Å². The standard InChI is InChI=1S/C27H20FN3O7S/c1-15-23(26(33)36-2)24(16-6-4-3-5-7-16)30-25(32)22(39-27(30)29-15)13-18-9-10-19(38-18)14-37-21-12-17(28)8-11-20(21)31(34)35/h3-13,24H,14H2,1-2H3. The lowest BCUT2D eigenvalue weighted by Crippen LogP contribution is -2.39. The van der Waals surface area contributed by atoms with Crippen LogP contribution in [0, 0.1) is 15.9 Å². The molecule has 1 atom stereocenters. The average Bonchev–Trinajstić information content (AvgIpc) is 3.50. The first kappa shape index (κ1) is 25.8. The fourth-order valence-electron chi connectivity index (χ4n) is 4.23. The molecule has 1 unspecified atom stereocenters.